The number of hydrogen-bond acceptors (Lipinski definition) is 5. The standard InChI is InChI=1S/C21H27FN4O3/c1-24-13-16(12-23-24)20-19(14-25-7-3-2-4-8-25)29-10-9-26(20)21(28)15-5-6-18(27)17(22)11-15/h5-6,11-13,19-20,27H,2-4,7-10,14H2,1H3/t19-,20-/m0/s1. The number of amides is 1. The first-order valence-electron chi connectivity index (χ1n) is 10.1. The zero-order chi connectivity index (χ0) is 20.4. The van der Waals surface area contributed by atoms with Crippen LogP contribution < -0.4 is 0 Å². The minimum Gasteiger partial charge on any atom is -0.505 e. The Morgan fingerprint density at radius 2 is 2.07 bits per heavy atom. The fraction of sp³-hybridized carbons (Fsp3) is 0.524. The van der Waals surface area contributed by atoms with Crippen molar-refractivity contribution in [3.8, 4) is 5.75 Å². The van der Waals surface area contributed by atoms with Crippen LogP contribution in [0.4, 0.5) is 4.39 Å². The number of halogens is 1. The second-order valence-electron chi connectivity index (χ2n) is 7.83. The summed E-state index contributed by atoms with van der Waals surface area (Å²) in [5.74, 6) is -1.54. The van der Waals surface area contributed by atoms with Gasteiger partial charge in [-0.15, -0.1) is 0 Å². The third kappa shape index (κ3) is 4.28. The maximum atomic E-state index is 13.9. The van der Waals surface area contributed by atoms with Crippen LogP contribution in [0.15, 0.2) is 30.6 Å². The van der Waals surface area contributed by atoms with Crippen LogP contribution in [-0.2, 0) is 11.8 Å². The van der Waals surface area contributed by atoms with Crippen molar-refractivity contribution in [2.24, 2.45) is 7.05 Å². The second kappa shape index (κ2) is 8.51. The molecule has 0 aliphatic carbocycles. The predicted octanol–water partition coefficient (Wildman–Crippen LogP) is 2.33. The number of rotatable bonds is 4. The highest BCUT2D eigenvalue weighted by Gasteiger charge is 2.38. The molecule has 8 heteroatoms. The Kier molecular flexibility index (Phi) is 5.82. The molecule has 7 nitrogen and oxygen atoms in total. The molecule has 1 N–H and O–H groups in total. The lowest BCUT2D eigenvalue weighted by molar-refractivity contribution is -0.0741. The minimum absolute atomic E-state index is 0.183. The molecule has 4 rings (SSSR count). The van der Waals surface area contributed by atoms with Crippen molar-refractivity contribution in [2.75, 3.05) is 32.8 Å². The Labute approximate surface area is 169 Å². The van der Waals surface area contributed by atoms with Gasteiger partial charge in [0.1, 0.15) is 0 Å². The van der Waals surface area contributed by atoms with Gasteiger partial charge in [0.15, 0.2) is 11.6 Å². The van der Waals surface area contributed by atoms with Gasteiger partial charge in [0.2, 0.25) is 0 Å². The molecule has 2 saturated heterocycles. The predicted molar refractivity (Wildman–Crippen MR) is 105 cm³/mol. The number of benzene rings is 1. The lowest BCUT2D eigenvalue weighted by Gasteiger charge is -2.43. The molecule has 2 aromatic rings. The number of hydrogen-bond donors (Lipinski definition) is 1. The maximum Gasteiger partial charge on any atom is 0.254 e. The molecule has 0 bridgehead atoms. The lowest BCUT2D eigenvalue weighted by Crippen LogP contribution is -2.52. The minimum atomic E-state index is -0.799. The molecular formula is C21H27FN4O3. The van der Waals surface area contributed by atoms with Gasteiger partial charge in [-0.3, -0.25) is 9.48 Å². The summed E-state index contributed by atoms with van der Waals surface area (Å²) in [4.78, 5) is 17.4. The Morgan fingerprint density at radius 3 is 2.76 bits per heavy atom. The van der Waals surface area contributed by atoms with Crippen molar-refractivity contribution >= 4 is 5.91 Å². The van der Waals surface area contributed by atoms with E-state index in [1.54, 1.807) is 15.8 Å². The molecule has 0 unspecified atom stereocenters. The van der Waals surface area contributed by atoms with Gasteiger partial charge >= 0.3 is 0 Å². The fourth-order valence-corrected chi connectivity index (χ4v) is 4.30. The van der Waals surface area contributed by atoms with Crippen LogP contribution in [0, 0.1) is 5.82 Å². The zero-order valence-corrected chi connectivity index (χ0v) is 16.6. The van der Waals surface area contributed by atoms with Crippen molar-refractivity contribution in [3.05, 3.63) is 47.5 Å². The van der Waals surface area contributed by atoms with Gasteiger partial charge in [0.25, 0.3) is 5.91 Å². The third-order valence-electron chi connectivity index (χ3n) is 5.76. The van der Waals surface area contributed by atoms with Crippen molar-refractivity contribution in [3.63, 3.8) is 0 Å². The van der Waals surface area contributed by atoms with Gasteiger partial charge in [-0.2, -0.15) is 5.10 Å². The van der Waals surface area contributed by atoms with E-state index in [1.165, 1.54) is 31.4 Å². The third-order valence-corrected chi connectivity index (χ3v) is 5.76. The Bertz CT molecular complexity index is 865. The largest absolute Gasteiger partial charge is 0.505 e. The molecule has 29 heavy (non-hydrogen) atoms. The van der Waals surface area contributed by atoms with Gasteiger partial charge in [0.05, 0.1) is 24.9 Å². The van der Waals surface area contributed by atoms with E-state index < -0.39 is 11.6 Å². The van der Waals surface area contributed by atoms with Crippen molar-refractivity contribution in [1.82, 2.24) is 19.6 Å². The smallest absolute Gasteiger partial charge is 0.254 e. The second-order valence-corrected chi connectivity index (χ2v) is 7.83. The molecule has 0 saturated carbocycles. The quantitative estimate of drug-likeness (QED) is 0.850. The van der Waals surface area contributed by atoms with Gasteiger partial charge in [-0.05, 0) is 44.1 Å². The molecule has 1 aromatic heterocycles. The number of aryl methyl sites for hydroxylation is 1. The van der Waals surface area contributed by atoms with E-state index >= 15 is 0 Å². The summed E-state index contributed by atoms with van der Waals surface area (Å²) in [6, 6.07) is 3.46. The van der Waals surface area contributed by atoms with Crippen molar-refractivity contribution in [1.29, 1.82) is 0 Å². The Morgan fingerprint density at radius 1 is 1.28 bits per heavy atom. The molecule has 156 valence electrons. The molecule has 0 radical (unpaired) electrons. The van der Waals surface area contributed by atoms with E-state index in [9.17, 15) is 14.3 Å². The summed E-state index contributed by atoms with van der Waals surface area (Å²) in [6.45, 7) is 3.67. The first kappa shape index (κ1) is 19.8. The highest BCUT2D eigenvalue weighted by molar-refractivity contribution is 5.94. The van der Waals surface area contributed by atoms with E-state index in [-0.39, 0.29) is 23.6 Å². The molecule has 2 atom stereocenters. The van der Waals surface area contributed by atoms with Crippen LogP contribution in [0.2, 0.25) is 0 Å². The van der Waals surface area contributed by atoms with E-state index in [0.717, 1.165) is 31.3 Å². The number of piperidine rings is 1. The first-order valence-corrected chi connectivity index (χ1v) is 10.1. The van der Waals surface area contributed by atoms with Crippen LogP contribution in [0.3, 0.4) is 0 Å². The summed E-state index contributed by atoms with van der Waals surface area (Å²) >= 11 is 0. The number of carbonyl (C=O) groups is 1. The first-order chi connectivity index (χ1) is 14.0. The Hall–Kier alpha value is -2.45. The van der Waals surface area contributed by atoms with Crippen LogP contribution in [-0.4, -0.2) is 69.5 Å². The number of phenols is 1. The fourth-order valence-electron chi connectivity index (χ4n) is 4.30. The molecule has 3 heterocycles. The molecule has 2 fully saturated rings. The number of aromatic hydroxyl groups is 1. The normalized spacial score (nSPS) is 23.3. The summed E-state index contributed by atoms with van der Waals surface area (Å²) in [6.07, 6.45) is 7.10. The molecule has 1 amide bonds. The van der Waals surface area contributed by atoms with Crippen molar-refractivity contribution in [2.45, 2.75) is 31.4 Å². The molecular weight excluding hydrogens is 375 g/mol. The van der Waals surface area contributed by atoms with Crippen LogP contribution in [0.5, 0.6) is 5.75 Å². The lowest BCUT2D eigenvalue weighted by atomic mass is 9.98. The summed E-state index contributed by atoms with van der Waals surface area (Å²) in [5, 5.41) is 13.7. The number of carbonyl (C=O) groups excluding carboxylic acids is 1. The van der Waals surface area contributed by atoms with Crippen LogP contribution in [0.25, 0.3) is 0 Å². The van der Waals surface area contributed by atoms with E-state index in [2.05, 4.69) is 10.00 Å². The van der Waals surface area contributed by atoms with E-state index in [4.69, 9.17) is 4.74 Å². The number of likely N-dealkylation sites (tertiary alicyclic amines) is 1. The highest BCUT2D eigenvalue weighted by Crippen LogP contribution is 2.32. The molecule has 2 aliphatic rings. The number of aromatic nitrogens is 2. The highest BCUT2D eigenvalue weighted by atomic mass is 19.1. The maximum absolute atomic E-state index is 13.9. The summed E-state index contributed by atoms with van der Waals surface area (Å²) in [5.41, 5.74) is 1.12. The van der Waals surface area contributed by atoms with E-state index in [0.29, 0.717) is 13.2 Å². The van der Waals surface area contributed by atoms with Gasteiger partial charge < -0.3 is 19.6 Å². The average Bonchev–Trinajstić information content (AvgIpc) is 3.16. The summed E-state index contributed by atoms with van der Waals surface area (Å²) in [7, 11) is 1.84. The van der Waals surface area contributed by atoms with Crippen LogP contribution in [0.1, 0.15) is 41.2 Å². The number of morpholine rings is 1. The topological polar surface area (TPSA) is 70.8 Å². The van der Waals surface area contributed by atoms with Crippen molar-refractivity contribution < 1.29 is 19.0 Å². The average molecular weight is 402 g/mol. The zero-order valence-electron chi connectivity index (χ0n) is 16.6. The van der Waals surface area contributed by atoms with Crippen LogP contribution >= 0.6 is 0 Å². The summed E-state index contributed by atoms with van der Waals surface area (Å²) < 4.78 is 21.7. The van der Waals surface area contributed by atoms with Gasteiger partial charge in [-0.25, -0.2) is 4.39 Å². The Balaban J connectivity index is 1.63. The number of ether oxygens (including phenoxy) is 1. The van der Waals surface area contributed by atoms with Gasteiger partial charge in [-0.1, -0.05) is 6.42 Å². The number of nitrogens with zero attached hydrogens (tertiary/aromatic N) is 4. The molecule has 0 spiro atoms. The van der Waals surface area contributed by atoms with E-state index in [1.807, 2.05) is 13.2 Å². The number of phenolic OH excluding ortho intramolecular Hbond substituents is 1. The SMILES string of the molecule is Cn1cc([C@H]2[C@H](CN3CCCCC3)OCCN2C(=O)c2ccc(O)c(F)c2)cn1. The molecule has 1 aromatic carbocycles. The van der Waals surface area contributed by atoms with Gasteiger partial charge in [0, 0.05) is 37.5 Å². The monoisotopic (exact) mass is 402 g/mol. The molecule has 2 aliphatic heterocycles.